The van der Waals surface area contributed by atoms with Gasteiger partial charge in [0, 0.05) is 62.8 Å². The lowest BCUT2D eigenvalue weighted by molar-refractivity contribution is 0.102. The minimum absolute atomic E-state index is 0.265. The lowest BCUT2D eigenvalue weighted by Gasteiger charge is -2.45. The van der Waals surface area contributed by atoms with Crippen LogP contribution in [0.25, 0.3) is 16.5 Å². The first-order valence-corrected chi connectivity index (χ1v) is 11.9. The molecule has 0 saturated carbocycles. The molecule has 1 aliphatic heterocycles. The summed E-state index contributed by atoms with van der Waals surface area (Å²) in [4.78, 5) is 26.1. The van der Waals surface area contributed by atoms with Crippen LogP contribution in [-0.4, -0.2) is 80.0 Å². The highest BCUT2D eigenvalue weighted by Gasteiger charge is 2.28. The molecule has 11 heteroatoms. The van der Waals surface area contributed by atoms with Crippen LogP contribution >= 0.6 is 0 Å². The molecule has 1 saturated heterocycles. The number of benzene rings is 1. The second-order valence-corrected chi connectivity index (χ2v) is 9.06. The first kappa shape index (κ1) is 25.5. The highest BCUT2D eigenvalue weighted by Crippen LogP contribution is 2.23. The monoisotopic (exact) mass is 480 g/mol. The molecule has 1 amide bonds. The van der Waals surface area contributed by atoms with Gasteiger partial charge in [-0.15, -0.1) is 0 Å². The fourth-order valence-electron chi connectivity index (χ4n) is 4.18. The minimum atomic E-state index is -0.808. The maximum absolute atomic E-state index is 13.0. The van der Waals surface area contributed by atoms with E-state index in [0.717, 1.165) is 48.3 Å². The summed E-state index contributed by atoms with van der Waals surface area (Å²) in [7, 11) is 14.1. The molecule has 1 fully saturated rings. The molecule has 0 aliphatic carbocycles. The average molecular weight is 480 g/mol. The van der Waals surface area contributed by atoms with Crippen molar-refractivity contribution in [3.63, 3.8) is 0 Å². The molecule has 182 valence electrons. The summed E-state index contributed by atoms with van der Waals surface area (Å²) in [5.74, 6) is 6.58. The van der Waals surface area contributed by atoms with E-state index >= 15 is 0 Å². The Balaban J connectivity index is 1.47. The molecular weight excluding hydrogens is 450 g/mol. The highest BCUT2D eigenvalue weighted by atomic mass is 16.1. The number of amides is 1. The SMILES string of the molecule is [B]C([B])(CC)N1CCN(c2cc(C(=O)Nc3cc4cc(/C(N)=C/N(C)N)ccc4cn3)ccn2)CC1. The third-order valence-corrected chi connectivity index (χ3v) is 6.41. The van der Waals surface area contributed by atoms with E-state index in [1.165, 1.54) is 5.01 Å². The fraction of sp³-hybridized carbons (Fsp3) is 0.320. The Morgan fingerprint density at radius 3 is 2.56 bits per heavy atom. The van der Waals surface area contributed by atoms with Crippen LogP contribution in [0, 0.1) is 0 Å². The molecule has 4 rings (SSSR count). The minimum Gasteiger partial charge on any atom is -0.397 e. The summed E-state index contributed by atoms with van der Waals surface area (Å²) >= 11 is 0. The van der Waals surface area contributed by atoms with E-state index in [1.807, 2.05) is 31.2 Å². The van der Waals surface area contributed by atoms with Gasteiger partial charge >= 0.3 is 0 Å². The van der Waals surface area contributed by atoms with Crippen molar-refractivity contribution >= 4 is 49.7 Å². The molecule has 3 aromatic rings. The van der Waals surface area contributed by atoms with Gasteiger partial charge in [0.15, 0.2) is 0 Å². The number of hydrazine groups is 1. The zero-order valence-electron chi connectivity index (χ0n) is 20.7. The summed E-state index contributed by atoms with van der Waals surface area (Å²) in [6.45, 7) is 4.87. The molecule has 1 aliphatic rings. The van der Waals surface area contributed by atoms with Crippen LogP contribution in [0.4, 0.5) is 11.6 Å². The Morgan fingerprint density at radius 1 is 1.11 bits per heavy atom. The smallest absolute Gasteiger partial charge is 0.257 e. The van der Waals surface area contributed by atoms with Gasteiger partial charge in [-0.3, -0.25) is 4.79 Å². The Kier molecular flexibility index (Phi) is 7.51. The van der Waals surface area contributed by atoms with Gasteiger partial charge in [0.25, 0.3) is 5.91 Å². The molecule has 2 aromatic heterocycles. The molecule has 0 atom stereocenters. The largest absolute Gasteiger partial charge is 0.397 e. The quantitative estimate of drug-likeness (QED) is 0.265. The number of nitrogens with one attached hydrogen (secondary N) is 1. The Bertz CT molecular complexity index is 1270. The highest BCUT2D eigenvalue weighted by molar-refractivity contribution is 6.39. The first-order chi connectivity index (χ1) is 17.2. The van der Waals surface area contributed by atoms with Crippen molar-refractivity contribution in [1.29, 1.82) is 0 Å². The lowest BCUT2D eigenvalue weighted by atomic mass is 9.59. The van der Waals surface area contributed by atoms with Gasteiger partial charge in [0.1, 0.15) is 11.6 Å². The molecule has 0 bridgehead atoms. The van der Waals surface area contributed by atoms with Crippen molar-refractivity contribution in [2.45, 2.75) is 18.7 Å². The van der Waals surface area contributed by atoms with Crippen molar-refractivity contribution in [3.8, 4) is 0 Å². The summed E-state index contributed by atoms with van der Waals surface area (Å²) in [6.07, 6.45) is 5.66. The summed E-state index contributed by atoms with van der Waals surface area (Å²) < 4.78 is 0. The molecule has 0 spiro atoms. The van der Waals surface area contributed by atoms with E-state index in [-0.39, 0.29) is 5.91 Å². The molecule has 3 heterocycles. The maximum Gasteiger partial charge on any atom is 0.257 e. The number of fused-ring (bicyclic) bond motifs is 1. The van der Waals surface area contributed by atoms with Crippen LogP contribution in [-0.2, 0) is 0 Å². The summed E-state index contributed by atoms with van der Waals surface area (Å²) in [5, 5.41) is 5.30. The molecule has 5 N–H and O–H groups in total. The molecule has 9 nitrogen and oxygen atoms in total. The summed E-state index contributed by atoms with van der Waals surface area (Å²) in [5.41, 5.74) is 7.98. The van der Waals surface area contributed by atoms with Crippen molar-refractivity contribution in [2.24, 2.45) is 11.6 Å². The van der Waals surface area contributed by atoms with E-state index in [0.29, 0.717) is 23.5 Å². The maximum atomic E-state index is 13.0. The summed E-state index contributed by atoms with van der Waals surface area (Å²) in [6, 6.07) is 11.1. The number of rotatable bonds is 7. The van der Waals surface area contributed by atoms with Gasteiger partial charge in [-0.25, -0.2) is 15.8 Å². The fourth-order valence-corrected chi connectivity index (χ4v) is 4.18. The zero-order chi connectivity index (χ0) is 25.9. The lowest BCUT2D eigenvalue weighted by Crippen LogP contribution is -2.58. The van der Waals surface area contributed by atoms with E-state index in [4.69, 9.17) is 27.3 Å². The van der Waals surface area contributed by atoms with Gasteiger partial charge in [0.2, 0.25) is 0 Å². The molecular formula is C25H30B2N8O. The zero-order valence-corrected chi connectivity index (χ0v) is 20.7. The van der Waals surface area contributed by atoms with Gasteiger partial charge in [0.05, 0.1) is 21.4 Å². The van der Waals surface area contributed by atoms with Gasteiger partial charge in [-0.1, -0.05) is 30.8 Å². The standard InChI is InChI=1S/C25H30B2N8O/c1-3-25(26,27)35-10-8-34(9-11-35)23-14-18(6-7-30-23)24(36)32-22-13-20-12-17(21(28)16-33(2)29)4-5-19(20)15-31-22/h4-7,12-16H,3,8-11,28-29H2,1-2H3,(H,31,32,36)/b21-16-. The van der Waals surface area contributed by atoms with Gasteiger partial charge < -0.3 is 25.9 Å². The number of pyridine rings is 2. The van der Waals surface area contributed by atoms with Crippen LogP contribution in [0.1, 0.15) is 29.3 Å². The predicted molar refractivity (Wildman–Crippen MR) is 146 cm³/mol. The van der Waals surface area contributed by atoms with Crippen LogP contribution < -0.4 is 21.8 Å². The molecule has 1 aromatic carbocycles. The predicted octanol–water partition coefficient (Wildman–Crippen LogP) is 1.47. The Hall–Kier alpha value is -3.56. The Labute approximate surface area is 214 Å². The van der Waals surface area contributed by atoms with Crippen LogP contribution in [0.2, 0.25) is 0 Å². The van der Waals surface area contributed by atoms with Gasteiger partial charge in [-0.05, 0) is 35.2 Å². The number of hydrogen-bond donors (Lipinski definition) is 3. The number of hydrogen-bond acceptors (Lipinski definition) is 8. The topological polar surface area (TPSA) is 117 Å². The average Bonchev–Trinajstić information content (AvgIpc) is 2.88. The second-order valence-electron chi connectivity index (χ2n) is 9.06. The second kappa shape index (κ2) is 10.6. The Morgan fingerprint density at radius 2 is 1.86 bits per heavy atom. The number of nitrogens with zero attached hydrogens (tertiary/aromatic N) is 5. The van der Waals surface area contributed by atoms with E-state index in [9.17, 15) is 4.79 Å². The number of nitrogens with two attached hydrogens (primary N) is 2. The van der Waals surface area contributed by atoms with Crippen LogP contribution in [0.15, 0.2) is 55.0 Å². The van der Waals surface area contributed by atoms with Gasteiger partial charge in [-0.2, -0.15) is 0 Å². The van der Waals surface area contributed by atoms with E-state index in [1.54, 1.807) is 37.8 Å². The van der Waals surface area contributed by atoms with Crippen molar-refractivity contribution in [2.75, 3.05) is 43.4 Å². The van der Waals surface area contributed by atoms with Crippen LogP contribution in [0.5, 0.6) is 0 Å². The number of carbonyl (C=O) groups excluding carboxylic acids is 1. The molecule has 4 radical (unpaired) electrons. The van der Waals surface area contributed by atoms with Crippen molar-refractivity contribution in [3.05, 3.63) is 66.1 Å². The molecule has 36 heavy (non-hydrogen) atoms. The molecule has 0 unspecified atom stereocenters. The number of anilines is 2. The number of piperazine rings is 1. The van der Waals surface area contributed by atoms with Crippen molar-refractivity contribution < 1.29 is 4.79 Å². The number of aromatic nitrogens is 2. The van der Waals surface area contributed by atoms with Crippen molar-refractivity contribution in [1.82, 2.24) is 19.9 Å². The normalized spacial score (nSPS) is 15.2. The first-order valence-electron chi connectivity index (χ1n) is 11.9. The van der Waals surface area contributed by atoms with Crippen LogP contribution in [0.3, 0.4) is 0 Å². The third kappa shape index (κ3) is 5.80. The third-order valence-electron chi connectivity index (χ3n) is 6.41. The number of carbonyl (C=O) groups is 1. The van der Waals surface area contributed by atoms with E-state index in [2.05, 4.69) is 25.1 Å². The van der Waals surface area contributed by atoms with E-state index < -0.39 is 5.34 Å².